The number of para-hydroxylation sites is 1. The number of nitrogens with zero attached hydrogens (tertiary/aromatic N) is 4. The lowest BCUT2D eigenvalue weighted by Gasteiger charge is -2.40. The lowest BCUT2D eigenvalue weighted by Crippen LogP contribution is -2.39. The summed E-state index contributed by atoms with van der Waals surface area (Å²) in [7, 11) is 1.70. The average Bonchev–Trinajstić information content (AvgIpc) is 3.12. The van der Waals surface area contributed by atoms with Crippen LogP contribution in [0.4, 0.5) is 18.9 Å². The summed E-state index contributed by atoms with van der Waals surface area (Å²) in [6, 6.07) is 7.07. The number of Topliss-reactive ketones (excluding diaryl/α,β-unsaturated/α-hetero) is 1. The molecular weight excluding hydrogens is 395 g/mol. The number of hydrogen-bond acceptors (Lipinski definition) is 5. The Morgan fingerprint density at radius 3 is 2.63 bits per heavy atom. The molecule has 2 heterocycles. The molecule has 1 aliphatic heterocycles. The second-order valence-corrected chi connectivity index (χ2v) is 7.28. The van der Waals surface area contributed by atoms with E-state index < -0.39 is 17.7 Å². The number of hydrogen-bond donors (Lipinski definition) is 1. The summed E-state index contributed by atoms with van der Waals surface area (Å²) >= 11 is 0. The number of nitrogens with two attached hydrogens (primary N) is 1. The van der Waals surface area contributed by atoms with Gasteiger partial charge in [0.15, 0.2) is 5.78 Å². The lowest BCUT2D eigenvalue weighted by molar-refractivity contribution is -0.137. The van der Waals surface area contributed by atoms with Gasteiger partial charge in [-0.05, 0) is 25.0 Å². The number of allylic oxidation sites excluding steroid dienone is 3. The molecule has 0 fully saturated rings. The summed E-state index contributed by atoms with van der Waals surface area (Å²) in [4.78, 5) is 14.2. The standard InChI is InChI=1S/C21H18F3N5O/c1-28-11-12(10-27-28)18-13(9-25)20(26)29(16-7-4-8-17(30)19(16)18)15-6-3-2-5-14(15)21(22,23)24/h2-3,5-6,10-11,18H,4,7-8,26H2,1H3/t18-/m0/s1. The summed E-state index contributed by atoms with van der Waals surface area (Å²) in [6.45, 7) is 0. The van der Waals surface area contributed by atoms with Crippen molar-refractivity contribution in [2.45, 2.75) is 31.4 Å². The first-order valence-corrected chi connectivity index (χ1v) is 9.35. The minimum Gasteiger partial charge on any atom is -0.384 e. The zero-order chi connectivity index (χ0) is 21.6. The van der Waals surface area contributed by atoms with Crippen LogP contribution in [0.5, 0.6) is 0 Å². The number of carbonyl (C=O) groups is 1. The first kappa shape index (κ1) is 19.8. The van der Waals surface area contributed by atoms with E-state index in [1.54, 1.807) is 24.1 Å². The second-order valence-electron chi connectivity index (χ2n) is 7.28. The largest absolute Gasteiger partial charge is 0.418 e. The fraction of sp³-hybridized carbons (Fsp3) is 0.286. The van der Waals surface area contributed by atoms with E-state index in [0.29, 0.717) is 29.7 Å². The third-order valence-corrected chi connectivity index (χ3v) is 5.42. The van der Waals surface area contributed by atoms with Crippen LogP contribution in [0.2, 0.25) is 0 Å². The number of aryl methyl sites for hydroxylation is 1. The summed E-state index contributed by atoms with van der Waals surface area (Å²) in [6.07, 6.45) is -0.255. The Morgan fingerprint density at radius 1 is 1.27 bits per heavy atom. The first-order valence-electron chi connectivity index (χ1n) is 9.35. The molecule has 1 aliphatic carbocycles. The van der Waals surface area contributed by atoms with Crippen LogP contribution in [-0.4, -0.2) is 15.6 Å². The Hall–Kier alpha value is -3.54. The number of halogens is 3. The summed E-state index contributed by atoms with van der Waals surface area (Å²) < 4.78 is 42.7. The van der Waals surface area contributed by atoms with E-state index in [9.17, 15) is 23.2 Å². The molecule has 2 N–H and O–H groups in total. The molecule has 2 aliphatic rings. The second kappa shape index (κ2) is 7.06. The zero-order valence-corrected chi connectivity index (χ0v) is 16.1. The average molecular weight is 413 g/mol. The topological polar surface area (TPSA) is 87.9 Å². The van der Waals surface area contributed by atoms with Crippen LogP contribution in [0, 0.1) is 11.3 Å². The van der Waals surface area contributed by atoms with Crippen LogP contribution >= 0.6 is 0 Å². The van der Waals surface area contributed by atoms with E-state index in [2.05, 4.69) is 5.10 Å². The molecule has 154 valence electrons. The quantitative estimate of drug-likeness (QED) is 0.810. The Morgan fingerprint density at radius 2 is 2.00 bits per heavy atom. The summed E-state index contributed by atoms with van der Waals surface area (Å²) in [5, 5.41) is 14.0. The highest BCUT2D eigenvalue weighted by atomic mass is 19.4. The van der Waals surface area contributed by atoms with Gasteiger partial charge in [-0.1, -0.05) is 12.1 Å². The highest BCUT2D eigenvalue weighted by Gasteiger charge is 2.43. The molecule has 9 heteroatoms. The van der Waals surface area contributed by atoms with E-state index in [1.165, 1.54) is 23.1 Å². The smallest absolute Gasteiger partial charge is 0.384 e. The maximum Gasteiger partial charge on any atom is 0.418 e. The number of anilines is 1. The molecule has 6 nitrogen and oxygen atoms in total. The lowest BCUT2D eigenvalue weighted by atomic mass is 9.76. The van der Waals surface area contributed by atoms with Crippen molar-refractivity contribution in [3.63, 3.8) is 0 Å². The summed E-state index contributed by atoms with van der Waals surface area (Å²) in [5.74, 6) is -1.04. The Bertz CT molecular complexity index is 1140. The molecule has 1 atom stereocenters. The van der Waals surface area contributed by atoms with Gasteiger partial charge in [0.1, 0.15) is 5.82 Å². The number of ketones is 1. The van der Waals surface area contributed by atoms with Crippen molar-refractivity contribution in [3.8, 4) is 6.07 Å². The molecule has 1 aromatic carbocycles. The third kappa shape index (κ3) is 3.05. The van der Waals surface area contributed by atoms with Crippen LogP contribution in [0.3, 0.4) is 0 Å². The third-order valence-electron chi connectivity index (χ3n) is 5.42. The Balaban J connectivity index is 2.01. The molecule has 0 unspecified atom stereocenters. The first-order chi connectivity index (χ1) is 14.2. The highest BCUT2D eigenvalue weighted by molar-refractivity contribution is 6.01. The molecule has 2 aromatic rings. The van der Waals surface area contributed by atoms with Gasteiger partial charge in [-0.2, -0.15) is 23.5 Å². The van der Waals surface area contributed by atoms with Gasteiger partial charge in [0.25, 0.3) is 0 Å². The van der Waals surface area contributed by atoms with E-state index in [0.717, 1.165) is 6.07 Å². The number of carbonyl (C=O) groups excluding carboxylic acids is 1. The van der Waals surface area contributed by atoms with Crippen LogP contribution < -0.4 is 10.6 Å². The Labute approximate surface area is 170 Å². The molecule has 0 radical (unpaired) electrons. The van der Waals surface area contributed by atoms with Crippen molar-refractivity contribution < 1.29 is 18.0 Å². The molecular formula is C21H18F3N5O. The molecule has 0 spiro atoms. The molecule has 0 saturated heterocycles. The van der Waals surface area contributed by atoms with Crippen molar-refractivity contribution in [1.29, 1.82) is 5.26 Å². The molecule has 1 aromatic heterocycles. The Kier molecular flexibility index (Phi) is 4.65. The van der Waals surface area contributed by atoms with Gasteiger partial charge >= 0.3 is 6.18 Å². The van der Waals surface area contributed by atoms with Crippen LogP contribution in [0.25, 0.3) is 0 Å². The predicted octanol–water partition coefficient (Wildman–Crippen LogP) is 3.74. The minimum absolute atomic E-state index is 0.0361. The molecule has 30 heavy (non-hydrogen) atoms. The fourth-order valence-corrected chi connectivity index (χ4v) is 4.19. The summed E-state index contributed by atoms with van der Waals surface area (Å²) in [5.41, 5.74) is 6.60. The van der Waals surface area contributed by atoms with E-state index in [4.69, 9.17) is 5.73 Å². The van der Waals surface area contributed by atoms with Crippen molar-refractivity contribution in [3.05, 3.63) is 70.5 Å². The van der Waals surface area contributed by atoms with Gasteiger partial charge in [0.2, 0.25) is 0 Å². The van der Waals surface area contributed by atoms with E-state index >= 15 is 0 Å². The molecule has 4 rings (SSSR count). The monoisotopic (exact) mass is 413 g/mol. The normalized spacial score (nSPS) is 19.8. The van der Waals surface area contributed by atoms with Crippen molar-refractivity contribution in [1.82, 2.24) is 9.78 Å². The maximum absolute atomic E-state index is 13.7. The van der Waals surface area contributed by atoms with Crippen LogP contribution in [0.15, 0.2) is 59.3 Å². The van der Waals surface area contributed by atoms with Gasteiger partial charge in [0, 0.05) is 36.5 Å². The number of rotatable bonds is 2. The van der Waals surface area contributed by atoms with E-state index in [-0.39, 0.29) is 29.3 Å². The predicted molar refractivity (Wildman–Crippen MR) is 103 cm³/mol. The van der Waals surface area contributed by atoms with Crippen molar-refractivity contribution in [2.75, 3.05) is 4.90 Å². The number of alkyl halides is 3. The SMILES string of the molecule is Cn1cc([C@H]2C(C#N)=C(N)N(c3ccccc3C(F)(F)F)C3=C2C(=O)CCC3)cn1. The number of nitriles is 1. The van der Waals surface area contributed by atoms with Gasteiger partial charge < -0.3 is 5.73 Å². The van der Waals surface area contributed by atoms with Gasteiger partial charge in [0.05, 0.1) is 35.0 Å². The highest BCUT2D eigenvalue weighted by Crippen LogP contribution is 2.48. The van der Waals surface area contributed by atoms with Gasteiger partial charge in [-0.3, -0.25) is 14.4 Å². The van der Waals surface area contributed by atoms with Crippen LogP contribution in [0.1, 0.15) is 36.3 Å². The fourth-order valence-electron chi connectivity index (χ4n) is 4.19. The zero-order valence-electron chi connectivity index (χ0n) is 16.1. The number of benzene rings is 1. The minimum atomic E-state index is -4.62. The molecule has 0 saturated carbocycles. The van der Waals surface area contributed by atoms with E-state index in [1.807, 2.05) is 6.07 Å². The maximum atomic E-state index is 13.7. The van der Waals surface area contributed by atoms with Crippen molar-refractivity contribution in [2.24, 2.45) is 12.8 Å². The molecule has 0 bridgehead atoms. The molecule has 0 amide bonds. The van der Waals surface area contributed by atoms with Crippen molar-refractivity contribution >= 4 is 11.5 Å². The number of aromatic nitrogens is 2. The van der Waals surface area contributed by atoms with Gasteiger partial charge in [-0.25, -0.2) is 0 Å². The van der Waals surface area contributed by atoms with Crippen LogP contribution in [-0.2, 0) is 18.0 Å². The van der Waals surface area contributed by atoms with Gasteiger partial charge in [-0.15, -0.1) is 0 Å².